The molecule has 0 aliphatic carbocycles. The van der Waals surface area contributed by atoms with E-state index >= 15 is 0 Å². The summed E-state index contributed by atoms with van der Waals surface area (Å²) in [5, 5.41) is 10.3. The molecule has 2 aromatic rings. The van der Waals surface area contributed by atoms with Gasteiger partial charge in [0.1, 0.15) is 5.03 Å². The Hall–Kier alpha value is -1.24. The second kappa shape index (κ2) is 6.25. The molecule has 0 aliphatic rings. The van der Waals surface area contributed by atoms with Crippen LogP contribution in [0.3, 0.4) is 0 Å². The highest BCUT2D eigenvalue weighted by Crippen LogP contribution is 2.35. The Kier molecular flexibility index (Phi) is 4.81. The number of pyridine rings is 1. The molecule has 1 aromatic heterocycles. The molecule has 2 nitrogen and oxygen atoms in total. The van der Waals surface area contributed by atoms with Crippen molar-refractivity contribution in [2.45, 2.75) is 29.1 Å². The SMILES string of the molecule is C[C@H](O)c1ccc(Sc2ccc(C(F)(F)F)cn2)c(Cl)c1. The minimum atomic E-state index is -4.40. The maximum absolute atomic E-state index is 12.4. The fourth-order valence-corrected chi connectivity index (χ4v) is 2.64. The van der Waals surface area contributed by atoms with E-state index in [2.05, 4.69) is 4.98 Å². The third kappa shape index (κ3) is 4.12. The van der Waals surface area contributed by atoms with Crippen LogP contribution in [0.15, 0.2) is 46.5 Å². The monoisotopic (exact) mass is 333 g/mol. The van der Waals surface area contributed by atoms with Crippen molar-refractivity contribution in [3.05, 3.63) is 52.7 Å². The van der Waals surface area contributed by atoms with Gasteiger partial charge in [0, 0.05) is 11.1 Å². The molecule has 0 fully saturated rings. The van der Waals surface area contributed by atoms with Crippen molar-refractivity contribution in [1.29, 1.82) is 0 Å². The van der Waals surface area contributed by atoms with E-state index < -0.39 is 17.8 Å². The van der Waals surface area contributed by atoms with Crippen molar-refractivity contribution >= 4 is 23.4 Å². The lowest BCUT2D eigenvalue weighted by Gasteiger charge is -2.09. The number of hydrogen-bond acceptors (Lipinski definition) is 3. The molecule has 1 N–H and O–H groups in total. The third-order valence-electron chi connectivity index (χ3n) is 2.72. The van der Waals surface area contributed by atoms with Gasteiger partial charge in [-0.25, -0.2) is 4.98 Å². The van der Waals surface area contributed by atoms with E-state index in [1.165, 1.54) is 6.07 Å². The molecule has 0 aliphatic heterocycles. The lowest BCUT2D eigenvalue weighted by atomic mass is 10.1. The molecule has 0 radical (unpaired) electrons. The average Bonchev–Trinajstić information content (AvgIpc) is 2.40. The highest BCUT2D eigenvalue weighted by molar-refractivity contribution is 7.99. The summed E-state index contributed by atoms with van der Waals surface area (Å²) in [5.74, 6) is 0. The van der Waals surface area contributed by atoms with Gasteiger partial charge < -0.3 is 5.11 Å². The molecule has 7 heteroatoms. The Morgan fingerprint density at radius 2 is 1.95 bits per heavy atom. The van der Waals surface area contributed by atoms with E-state index in [1.54, 1.807) is 25.1 Å². The first-order valence-electron chi connectivity index (χ1n) is 5.96. The summed E-state index contributed by atoms with van der Waals surface area (Å²) in [7, 11) is 0. The van der Waals surface area contributed by atoms with E-state index in [9.17, 15) is 18.3 Å². The number of hydrogen-bond donors (Lipinski definition) is 1. The fourth-order valence-electron chi connectivity index (χ4n) is 1.58. The number of aliphatic hydroxyl groups is 1. The Bertz CT molecular complexity index is 629. The van der Waals surface area contributed by atoms with Crippen molar-refractivity contribution in [2.24, 2.45) is 0 Å². The van der Waals surface area contributed by atoms with Gasteiger partial charge >= 0.3 is 6.18 Å². The summed E-state index contributed by atoms with van der Waals surface area (Å²) < 4.78 is 37.3. The van der Waals surface area contributed by atoms with Crippen molar-refractivity contribution in [2.75, 3.05) is 0 Å². The summed E-state index contributed by atoms with van der Waals surface area (Å²) in [6.45, 7) is 1.62. The second-order valence-corrected chi connectivity index (χ2v) is 5.82. The average molecular weight is 334 g/mol. The van der Waals surface area contributed by atoms with E-state index in [4.69, 9.17) is 11.6 Å². The molecule has 2 rings (SSSR count). The lowest BCUT2D eigenvalue weighted by molar-refractivity contribution is -0.137. The quantitative estimate of drug-likeness (QED) is 0.862. The zero-order valence-electron chi connectivity index (χ0n) is 10.9. The molecule has 112 valence electrons. The molecule has 1 aromatic carbocycles. The molecular formula is C14H11ClF3NOS. The number of benzene rings is 1. The zero-order chi connectivity index (χ0) is 15.6. The van der Waals surface area contributed by atoms with Gasteiger partial charge in [-0.1, -0.05) is 29.4 Å². The number of halogens is 4. The van der Waals surface area contributed by atoms with Crippen molar-refractivity contribution in [3.63, 3.8) is 0 Å². The lowest BCUT2D eigenvalue weighted by Crippen LogP contribution is -2.05. The van der Waals surface area contributed by atoms with E-state index in [-0.39, 0.29) is 0 Å². The molecule has 0 bridgehead atoms. The molecule has 0 saturated carbocycles. The van der Waals surface area contributed by atoms with E-state index in [0.29, 0.717) is 20.5 Å². The maximum atomic E-state index is 12.4. The molecular weight excluding hydrogens is 323 g/mol. The van der Waals surface area contributed by atoms with Gasteiger partial charge in [-0.3, -0.25) is 0 Å². The van der Waals surface area contributed by atoms with Gasteiger partial charge in [-0.05, 0) is 36.8 Å². The Morgan fingerprint density at radius 1 is 1.24 bits per heavy atom. The fraction of sp³-hybridized carbons (Fsp3) is 0.214. The molecule has 1 heterocycles. The first-order valence-corrected chi connectivity index (χ1v) is 7.15. The highest BCUT2D eigenvalue weighted by atomic mass is 35.5. The van der Waals surface area contributed by atoms with Crippen molar-refractivity contribution < 1.29 is 18.3 Å². The second-order valence-electron chi connectivity index (χ2n) is 4.35. The first-order chi connectivity index (χ1) is 9.77. The zero-order valence-corrected chi connectivity index (χ0v) is 12.4. The number of aliphatic hydroxyl groups excluding tert-OH is 1. The van der Waals surface area contributed by atoms with Crippen LogP contribution in [0.1, 0.15) is 24.2 Å². The summed E-state index contributed by atoms with van der Waals surface area (Å²) >= 11 is 7.25. The molecule has 0 unspecified atom stereocenters. The normalized spacial score (nSPS) is 13.2. The summed E-state index contributed by atoms with van der Waals surface area (Å²) in [6, 6.07) is 7.32. The number of rotatable bonds is 3. The van der Waals surface area contributed by atoms with E-state index in [0.717, 1.165) is 24.0 Å². The van der Waals surface area contributed by atoms with Gasteiger partial charge in [-0.15, -0.1) is 0 Å². The predicted molar refractivity (Wildman–Crippen MR) is 75.4 cm³/mol. The predicted octanol–water partition coefficient (Wildman–Crippen LogP) is 4.96. The Labute approximate surface area is 129 Å². The molecule has 0 amide bonds. The topological polar surface area (TPSA) is 33.1 Å². The van der Waals surface area contributed by atoms with Crippen LogP contribution in [0.2, 0.25) is 5.02 Å². The smallest absolute Gasteiger partial charge is 0.389 e. The summed E-state index contributed by atoms with van der Waals surface area (Å²) in [6.07, 6.45) is -4.24. The number of alkyl halides is 3. The van der Waals surface area contributed by atoms with Crippen molar-refractivity contribution in [3.8, 4) is 0 Å². The van der Waals surface area contributed by atoms with Crippen LogP contribution in [0.5, 0.6) is 0 Å². The van der Waals surface area contributed by atoms with Gasteiger partial charge in [0.2, 0.25) is 0 Å². The number of aromatic nitrogens is 1. The Balaban J connectivity index is 2.19. The molecule has 1 atom stereocenters. The van der Waals surface area contributed by atoms with Crippen molar-refractivity contribution in [1.82, 2.24) is 4.98 Å². The van der Waals surface area contributed by atoms with Crippen LogP contribution in [-0.2, 0) is 6.18 Å². The van der Waals surface area contributed by atoms with Crippen LogP contribution in [0.4, 0.5) is 13.2 Å². The third-order valence-corrected chi connectivity index (χ3v) is 4.17. The minimum Gasteiger partial charge on any atom is -0.389 e. The minimum absolute atomic E-state index is 0.412. The summed E-state index contributed by atoms with van der Waals surface area (Å²) in [4.78, 5) is 4.43. The first kappa shape index (κ1) is 16.1. The van der Waals surface area contributed by atoms with Crippen LogP contribution < -0.4 is 0 Å². The maximum Gasteiger partial charge on any atom is 0.417 e. The largest absolute Gasteiger partial charge is 0.417 e. The van der Waals surface area contributed by atoms with Gasteiger partial charge in [-0.2, -0.15) is 13.2 Å². The van der Waals surface area contributed by atoms with Crippen LogP contribution in [0.25, 0.3) is 0 Å². The van der Waals surface area contributed by atoms with Crippen LogP contribution in [-0.4, -0.2) is 10.1 Å². The van der Waals surface area contributed by atoms with E-state index in [1.807, 2.05) is 0 Å². The van der Waals surface area contributed by atoms with Crippen LogP contribution >= 0.6 is 23.4 Å². The highest BCUT2D eigenvalue weighted by Gasteiger charge is 2.30. The van der Waals surface area contributed by atoms with Gasteiger partial charge in [0.25, 0.3) is 0 Å². The number of nitrogens with zero attached hydrogens (tertiary/aromatic N) is 1. The summed E-state index contributed by atoms with van der Waals surface area (Å²) in [5.41, 5.74) is -0.118. The van der Waals surface area contributed by atoms with Gasteiger partial charge in [0.05, 0.1) is 16.7 Å². The Morgan fingerprint density at radius 3 is 2.43 bits per heavy atom. The molecule has 0 spiro atoms. The standard InChI is InChI=1S/C14H11ClF3NOS/c1-8(20)9-2-4-12(11(15)6-9)21-13-5-3-10(7-19-13)14(16,17)18/h2-8,20H,1H3/t8-/m0/s1. The van der Waals surface area contributed by atoms with Gasteiger partial charge in [0.15, 0.2) is 0 Å². The molecule has 0 saturated heterocycles. The molecule has 21 heavy (non-hydrogen) atoms. The van der Waals surface area contributed by atoms with Crippen LogP contribution in [0, 0.1) is 0 Å².